The molecule has 4 heteroatoms. The standard InChI is InChI=1S/C11H19N3O/c1-9(2)14-7-11(6-13-14)12-5-10-3-4-15-8-10/h6-7,9-10,12H,3-5,8H2,1-2H3. The SMILES string of the molecule is CC(C)n1cc(NCC2CCOC2)cn1. The topological polar surface area (TPSA) is 39.1 Å². The lowest BCUT2D eigenvalue weighted by molar-refractivity contribution is 0.187. The molecule has 0 bridgehead atoms. The maximum atomic E-state index is 5.33. The zero-order valence-corrected chi connectivity index (χ0v) is 9.44. The molecule has 15 heavy (non-hydrogen) atoms. The van der Waals surface area contributed by atoms with Gasteiger partial charge in [0.25, 0.3) is 0 Å². The summed E-state index contributed by atoms with van der Waals surface area (Å²) in [4.78, 5) is 0. The molecule has 2 heterocycles. The molecule has 0 radical (unpaired) electrons. The lowest BCUT2D eigenvalue weighted by Gasteiger charge is -2.08. The summed E-state index contributed by atoms with van der Waals surface area (Å²) in [5.74, 6) is 0.660. The van der Waals surface area contributed by atoms with Crippen LogP contribution in [0.3, 0.4) is 0 Å². The molecule has 0 aromatic carbocycles. The van der Waals surface area contributed by atoms with Gasteiger partial charge in [0.2, 0.25) is 0 Å². The van der Waals surface area contributed by atoms with Gasteiger partial charge in [0, 0.05) is 31.3 Å². The van der Waals surface area contributed by atoms with Crippen molar-refractivity contribution >= 4 is 5.69 Å². The van der Waals surface area contributed by atoms with Crippen molar-refractivity contribution in [3.05, 3.63) is 12.4 Å². The van der Waals surface area contributed by atoms with Crippen molar-refractivity contribution in [1.29, 1.82) is 0 Å². The van der Waals surface area contributed by atoms with Gasteiger partial charge in [0.15, 0.2) is 0 Å². The van der Waals surface area contributed by atoms with Gasteiger partial charge in [-0.1, -0.05) is 0 Å². The van der Waals surface area contributed by atoms with Gasteiger partial charge in [-0.15, -0.1) is 0 Å². The van der Waals surface area contributed by atoms with E-state index in [4.69, 9.17) is 4.74 Å². The number of ether oxygens (including phenoxy) is 1. The Morgan fingerprint density at radius 1 is 1.67 bits per heavy atom. The minimum Gasteiger partial charge on any atom is -0.382 e. The highest BCUT2D eigenvalue weighted by atomic mass is 16.5. The minimum absolute atomic E-state index is 0.426. The Morgan fingerprint density at radius 3 is 3.13 bits per heavy atom. The van der Waals surface area contributed by atoms with Crippen LogP contribution in [0.15, 0.2) is 12.4 Å². The molecule has 1 aliphatic heterocycles. The van der Waals surface area contributed by atoms with E-state index in [1.54, 1.807) is 0 Å². The van der Waals surface area contributed by atoms with Crippen LogP contribution < -0.4 is 5.32 Å². The fourth-order valence-corrected chi connectivity index (χ4v) is 1.72. The quantitative estimate of drug-likeness (QED) is 0.823. The second-order valence-corrected chi connectivity index (χ2v) is 4.41. The van der Waals surface area contributed by atoms with Crippen LogP contribution in [0.1, 0.15) is 26.3 Å². The second kappa shape index (κ2) is 4.66. The highest BCUT2D eigenvalue weighted by Crippen LogP contribution is 2.15. The number of aromatic nitrogens is 2. The van der Waals surface area contributed by atoms with Crippen LogP contribution in [0.4, 0.5) is 5.69 Å². The van der Waals surface area contributed by atoms with Crippen LogP contribution in [0, 0.1) is 5.92 Å². The maximum Gasteiger partial charge on any atom is 0.0726 e. The Morgan fingerprint density at radius 2 is 2.53 bits per heavy atom. The summed E-state index contributed by atoms with van der Waals surface area (Å²) in [7, 11) is 0. The van der Waals surface area contributed by atoms with Gasteiger partial charge >= 0.3 is 0 Å². The Bertz CT molecular complexity index is 303. The summed E-state index contributed by atoms with van der Waals surface area (Å²) in [6, 6.07) is 0.426. The normalized spacial score (nSPS) is 21.1. The van der Waals surface area contributed by atoms with E-state index >= 15 is 0 Å². The van der Waals surface area contributed by atoms with E-state index in [2.05, 4.69) is 30.5 Å². The van der Waals surface area contributed by atoms with Gasteiger partial charge < -0.3 is 10.1 Å². The number of hydrogen-bond acceptors (Lipinski definition) is 3. The number of hydrogen-bond donors (Lipinski definition) is 1. The highest BCUT2D eigenvalue weighted by Gasteiger charge is 2.15. The third-order valence-electron chi connectivity index (χ3n) is 2.75. The molecule has 0 aliphatic carbocycles. The molecule has 1 N–H and O–H groups in total. The van der Waals surface area contributed by atoms with Crippen LogP contribution in [-0.2, 0) is 4.74 Å². The van der Waals surface area contributed by atoms with E-state index < -0.39 is 0 Å². The molecule has 1 aliphatic rings. The first kappa shape index (κ1) is 10.5. The number of nitrogens with one attached hydrogen (secondary N) is 1. The van der Waals surface area contributed by atoms with Gasteiger partial charge in [0.1, 0.15) is 0 Å². The van der Waals surface area contributed by atoms with E-state index in [9.17, 15) is 0 Å². The summed E-state index contributed by atoms with van der Waals surface area (Å²) in [6.07, 6.45) is 5.11. The van der Waals surface area contributed by atoms with E-state index in [1.165, 1.54) is 6.42 Å². The van der Waals surface area contributed by atoms with E-state index in [-0.39, 0.29) is 0 Å². The molecule has 0 amide bonds. The van der Waals surface area contributed by atoms with Crippen LogP contribution >= 0.6 is 0 Å². The van der Waals surface area contributed by atoms with Crippen molar-refractivity contribution in [3.63, 3.8) is 0 Å². The van der Waals surface area contributed by atoms with E-state index in [0.29, 0.717) is 12.0 Å². The molecule has 4 nitrogen and oxygen atoms in total. The van der Waals surface area contributed by atoms with Gasteiger partial charge in [-0.25, -0.2) is 0 Å². The Hall–Kier alpha value is -1.03. The average Bonchev–Trinajstić information content (AvgIpc) is 2.86. The van der Waals surface area contributed by atoms with Crippen molar-refractivity contribution in [2.24, 2.45) is 5.92 Å². The number of rotatable bonds is 4. The smallest absolute Gasteiger partial charge is 0.0726 e. The maximum absolute atomic E-state index is 5.33. The van der Waals surface area contributed by atoms with Gasteiger partial charge in [-0.2, -0.15) is 5.10 Å². The molecular weight excluding hydrogens is 190 g/mol. The Kier molecular flexibility index (Phi) is 3.26. The summed E-state index contributed by atoms with van der Waals surface area (Å²) in [5.41, 5.74) is 1.11. The van der Waals surface area contributed by atoms with Crippen LogP contribution in [-0.4, -0.2) is 29.5 Å². The number of anilines is 1. The Balaban J connectivity index is 1.82. The molecular formula is C11H19N3O. The van der Waals surface area contributed by atoms with Crippen molar-refractivity contribution < 1.29 is 4.74 Å². The van der Waals surface area contributed by atoms with E-state index in [1.807, 2.05) is 10.9 Å². The monoisotopic (exact) mass is 209 g/mol. The van der Waals surface area contributed by atoms with Gasteiger partial charge in [-0.3, -0.25) is 4.68 Å². The summed E-state index contributed by atoms with van der Waals surface area (Å²) in [5, 5.41) is 7.68. The van der Waals surface area contributed by atoms with Crippen LogP contribution in [0.5, 0.6) is 0 Å². The average molecular weight is 209 g/mol. The molecule has 1 saturated heterocycles. The van der Waals surface area contributed by atoms with Crippen LogP contribution in [0.25, 0.3) is 0 Å². The molecule has 0 saturated carbocycles. The fourth-order valence-electron chi connectivity index (χ4n) is 1.72. The molecule has 1 fully saturated rings. The summed E-state index contributed by atoms with van der Waals surface area (Å²) < 4.78 is 7.29. The molecule has 1 aromatic rings. The van der Waals surface area contributed by atoms with E-state index in [0.717, 1.165) is 25.4 Å². The Labute approximate surface area is 90.6 Å². The first-order chi connectivity index (χ1) is 7.25. The van der Waals surface area contributed by atoms with Crippen molar-refractivity contribution in [2.75, 3.05) is 25.1 Å². The zero-order chi connectivity index (χ0) is 10.7. The molecule has 1 atom stereocenters. The highest BCUT2D eigenvalue weighted by molar-refractivity contribution is 5.38. The third-order valence-corrected chi connectivity index (χ3v) is 2.75. The predicted molar refractivity (Wildman–Crippen MR) is 60.0 cm³/mol. The lowest BCUT2D eigenvalue weighted by Crippen LogP contribution is -2.13. The molecule has 0 spiro atoms. The number of nitrogens with zero attached hydrogens (tertiary/aromatic N) is 2. The summed E-state index contributed by atoms with van der Waals surface area (Å²) in [6.45, 7) is 7.05. The third kappa shape index (κ3) is 2.72. The molecule has 1 aromatic heterocycles. The van der Waals surface area contributed by atoms with Gasteiger partial charge in [0.05, 0.1) is 18.5 Å². The first-order valence-electron chi connectivity index (χ1n) is 5.61. The van der Waals surface area contributed by atoms with Crippen molar-refractivity contribution in [2.45, 2.75) is 26.3 Å². The summed E-state index contributed by atoms with van der Waals surface area (Å²) >= 11 is 0. The second-order valence-electron chi connectivity index (χ2n) is 4.41. The van der Waals surface area contributed by atoms with Crippen molar-refractivity contribution in [3.8, 4) is 0 Å². The first-order valence-corrected chi connectivity index (χ1v) is 5.61. The predicted octanol–water partition coefficient (Wildman–Crippen LogP) is 1.91. The molecule has 2 rings (SSSR count). The zero-order valence-electron chi connectivity index (χ0n) is 9.44. The largest absolute Gasteiger partial charge is 0.382 e. The van der Waals surface area contributed by atoms with Crippen molar-refractivity contribution in [1.82, 2.24) is 9.78 Å². The minimum atomic E-state index is 0.426. The lowest BCUT2D eigenvalue weighted by atomic mass is 10.1. The van der Waals surface area contributed by atoms with Gasteiger partial charge in [-0.05, 0) is 20.3 Å². The van der Waals surface area contributed by atoms with Crippen LogP contribution in [0.2, 0.25) is 0 Å². The molecule has 1 unspecified atom stereocenters. The fraction of sp³-hybridized carbons (Fsp3) is 0.727. The molecule has 84 valence electrons.